The molecule has 0 spiro atoms. The molecule has 7 nitrogen and oxygen atoms in total. The molecule has 1 unspecified atom stereocenters. The summed E-state index contributed by atoms with van der Waals surface area (Å²) in [6.45, 7) is 3.63. The summed E-state index contributed by atoms with van der Waals surface area (Å²) < 4.78 is 39.8. The second kappa shape index (κ2) is 9.02. The first-order chi connectivity index (χ1) is 12.8. The monoisotopic (exact) mass is 418 g/mol. The fourth-order valence-electron chi connectivity index (χ4n) is 3.25. The summed E-state index contributed by atoms with van der Waals surface area (Å²) in [4.78, 5) is 6.65. The van der Waals surface area contributed by atoms with Gasteiger partial charge in [0.2, 0.25) is 11.7 Å². The number of hydrogen-bond donors (Lipinski definition) is 1. The number of aromatic nitrogens is 2. The Hall–Kier alpha value is -1.97. The number of alkyl halides is 2. The highest BCUT2D eigenvalue weighted by Crippen LogP contribution is 2.33. The molecular formula is C18H25ClF2N4O3. The van der Waals surface area contributed by atoms with Gasteiger partial charge in [-0.1, -0.05) is 19.0 Å². The Morgan fingerprint density at radius 1 is 1.36 bits per heavy atom. The largest absolute Gasteiger partial charge is 0.493 e. The summed E-state index contributed by atoms with van der Waals surface area (Å²) in [7, 11) is 1.38. The lowest BCUT2D eigenvalue weighted by atomic mass is 9.80. The van der Waals surface area contributed by atoms with Crippen LogP contribution >= 0.6 is 12.4 Å². The van der Waals surface area contributed by atoms with E-state index in [-0.39, 0.29) is 35.4 Å². The van der Waals surface area contributed by atoms with E-state index in [0.29, 0.717) is 23.8 Å². The van der Waals surface area contributed by atoms with E-state index in [1.165, 1.54) is 19.2 Å². The van der Waals surface area contributed by atoms with Crippen molar-refractivity contribution in [2.24, 2.45) is 11.1 Å². The smallest absolute Gasteiger partial charge is 0.387 e. The van der Waals surface area contributed by atoms with Crippen LogP contribution in [-0.4, -0.2) is 47.9 Å². The van der Waals surface area contributed by atoms with E-state index in [1.807, 2.05) is 0 Å². The van der Waals surface area contributed by atoms with Crippen LogP contribution in [0.15, 0.2) is 22.7 Å². The maximum atomic E-state index is 12.4. The minimum Gasteiger partial charge on any atom is -0.493 e. The zero-order valence-electron chi connectivity index (χ0n) is 16.0. The molecule has 3 rings (SSSR count). The van der Waals surface area contributed by atoms with Crippen molar-refractivity contribution in [1.82, 2.24) is 15.0 Å². The van der Waals surface area contributed by atoms with Gasteiger partial charge < -0.3 is 19.7 Å². The Labute approximate surface area is 168 Å². The van der Waals surface area contributed by atoms with Gasteiger partial charge in [-0.3, -0.25) is 4.90 Å². The molecule has 1 aliphatic heterocycles. The molecule has 0 saturated carbocycles. The second-order valence-electron chi connectivity index (χ2n) is 7.35. The van der Waals surface area contributed by atoms with Crippen molar-refractivity contribution in [3.63, 3.8) is 0 Å². The number of rotatable bonds is 6. The van der Waals surface area contributed by atoms with E-state index in [0.717, 1.165) is 19.5 Å². The average molecular weight is 419 g/mol. The number of benzene rings is 1. The van der Waals surface area contributed by atoms with Gasteiger partial charge in [0, 0.05) is 24.7 Å². The summed E-state index contributed by atoms with van der Waals surface area (Å²) in [6, 6.07) is 4.69. The fraction of sp³-hybridized carbons (Fsp3) is 0.556. The van der Waals surface area contributed by atoms with E-state index in [2.05, 4.69) is 33.6 Å². The highest BCUT2D eigenvalue weighted by Gasteiger charge is 2.33. The van der Waals surface area contributed by atoms with Crippen molar-refractivity contribution < 1.29 is 22.8 Å². The predicted molar refractivity (Wildman–Crippen MR) is 102 cm³/mol. The van der Waals surface area contributed by atoms with Crippen molar-refractivity contribution in [1.29, 1.82) is 0 Å². The van der Waals surface area contributed by atoms with Crippen molar-refractivity contribution in [3.05, 3.63) is 24.1 Å². The third-order valence-electron chi connectivity index (χ3n) is 4.86. The Morgan fingerprint density at radius 3 is 2.75 bits per heavy atom. The molecule has 10 heteroatoms. The van der Waals surface area contributed by atoms with Gasteiger partial charge in [0.25, 0.3) is 0 Å². The molecule has 1 fully saturated rings. The zero-order chi connectivity index (χ0) is 19.6. The van der Waals surface area contributed by atoms with Crippen LogP contribution in [0.25, 0.3) is 11.4 Å². The van der Waals surface area contributed by atoms with Crippen LogP contribution in [-0.2, 0) is 6.54 Å². The normalized spacial score (nSPS) is 19.3. The lowest BCUT2D eigenvalue weighted by Crippen LogP contribution is -2.52. The van der Waals surface area contributed by atoms with Crippen molar-refractivity contribution in [2.45, 2.75) is 39.5 Å². The summed E-state index contributed by atoms with van der Waals surface area (Å²) in [5.74, 6) is 0.973. The van der Waals surface area contributed by atoms with Crippen LogP contribution in [0.4, 0.5) is 8.78 Å². The van der Waals surface area contributed by atoms with E-state index < -0.39 is 6.61 Å². The molecule has 2 aromatic rings. The molecule has 1 aromatic heterocycles. The second-order valence-corrected chi connectivity index (χ2v) is 7.35. The van der Waals surface area contributed by atoms with Gasteiger partial charge in [-0.15, -0.1) is 12.4 Å². The number of methoxy groups -OCH3 is 1. The van der Waals surface area contributed by atoms with Crippen LogP contribution < -0.4 is 15.2 Å². The zero-order valence-corrected chi connectivity index (χ0v) is 16.8. The Bertz CT molecular complexity index is 788. The quantitative estimate of drug-likeness (QED) is 0.769. The number of nitrogens with two attached hydrogens (primary N) is 1. The van der Waals surface area contributed by atoms with Crippen molar-refractivity contribution in [3.8, 4) is 22.9 Å². The van der Waals surface area contributed by atoms with Crippen LogP contribution in [0.3, 0.4) is 0 Å². The summed E-state index contributed by atoms with van der Waals surface area (Å²) in [5.41, 5.74) is 6.78. The summed E-state index contributed by atoms with van der Waals surface area (Å²) in [5, 5.41) is 3.99. The minimum absolute atomic E-state index is 0. The van der Waals surface area contributed by atoms with E-state index in [9.17, 15) is 8.78 Å². The van der Waals surface area contributed by atoms with Gasteiger partial charge in [-0.25, -0.2) is 0 Å². The molecule has 1 aliphatic rings. The molecule has 1 atom stereocenters. The molecule has 0 radical (unpaired) electrons. The van der Waals surface area contributed by atoms with Gasteiger partial charge in [0.15, 0.2) is 11.5 Å². The SMILES string of the molecule is COc1cc(-c2noc(CN3CCC(N)C(C)(C)C3)n2)ccc1OC(F)F.Cl. The number of hydrogen-bond acceptors (Lipinski definition) is 7. The molecule has 156 valence electrons. The first-order valence-corrected chi connectivity index (χ1v) is 8.72. The van der Waals surface area contributed by atoms with Crippen LogP contribution in [0.1, 0.15) is 26.2 Å². The standard InChI is InChI=1S/C18H24F2N4O3.ClH/c1-18(2)10-24(7-6-14(18)21)9-15-22-16(23-27-15)11-4-5-12(26-17(19)20)13(8-11)25-3;/h4-5,8,14,17H,6-7,9-10,21H2,1-3H3;1H. The molecule has 28 heavy (non-hydrogen) atoms. The molecule has 1 saturated heterocycles. The lowest BCUT2D eigenvalue weighted by Gasteiger charge is -2.42. The maximum Gasteiger partial charge on any atom is 0.387 e. The molecule has 1 aromatic carbocycles. The van der Waals surface area contributed by atoms with Crippen LogP contribution in [0.2, 0.25) is 0 Å². The Morgan fingerprint density at radius 2 is 2.11 bits per heavy atom. The number of likely N-dealkylation sites (tertiary alicyclic amines) is 1. The average Bonchev–Trinajstić information content (AvgIpc) is 3.06. The molecule has 0 amide bonds. The predicted octanol–water partition coefficient (Wildman–Crippen LogP) is 3.33. The summed E-state index contributed by atoms with van der Waals surface area (Å²) >= 11 is 0. The number of ether oxygens (including phenoxy) is 2. The van der Waals surface area contributed by atoms with E-state index >= 15 is 0 Å². The van der Waals surface area contributed by atoms with Gasteiger partial charge >= 0.3 is 6.61 Å². The highest BCUT2D eigenvalue weighted by atomic mass is 35.5. The third-order valence-corrected chi connectivity index (χ3v) is 4.86. The van der Waals surface area contributed by atoms with E-state index in [4.69, 9.17) is 15.0 Å². The third kappa shape index (κ3) is 5.09. The van der Waals surface area contributed by atoms with Crippen LogP contribution in [0.5, 0.6) is 11.5 Å². The Balaban J connectivity index is 0.00000280. The van der Waals surface area contributed by atoms with Gasteiger partial charge in [-0.05, 0) is 30.0 Å². The molecule has 2 heterocycles. The van der Waals surface area contributed by atoms with Gasteiger partial charge in [0.1, 0.15) is 0 Å². The minimum atomic E-state index is -2.93. The van der Waals surface area contributed by atoms with Crippen LogP contribution in [0, 0.1) is 5.41 Å². The fourth-order valence-corrected chi connectivity index (χ4v) is 3.25. The molecular weight excluding hydrogens is 394 g/mol. The highest BCUT2D eigenvalue weighted by molar-refractivity contribution is 5.85. The molecule has 0 aliphatic carbocycles. The summed E-state index contributed by atoms with van der Waals surface area (Å²) in [6.07, 6.45) is 0.913. The van der Waals surface area contributed by atoms with Gasteiger partial charge in [0.05, 0.1) is 13.7 Å². The molecule has 2 N–H and O–H groups in total. The topological polar surface area (TPSA) is 86.6 Å². The van der Waals surface area contributed by atoms with Crippen molar-refractivity contribution in [2.75, 3.05) is 20.2 Å². The lowest BCUT2D eigenvalue weighted by molar-refractivity contribution is -0.0512. The maximum absolute atomic E-state index is 12.4. The number of nitrogens with zero attached hydrogens (tertiary/aromatic N) is 3. The first kappa shape index (κ1) is 22.3. The first-order valence-electron chi connectivity index (χ1n) is 8.72. The Kier molecular flexibility index (Phi) is 7.19. The van der Waals surface area contributed by atoms with Crippen molar-refractivity contribution >= 4 is 12.4 Å². The molecule has 0 bridgehead atoms. The van der Waals surface area contributed by atoms with Gasteiger partial charge in [-0.2, -0.15) is 13.8 Å². The number of piperidine rings is 1. The van der Waals surface area contributed by atoms with E-state index in [1.54, 1.807) is 6.07 Å². The number of halogens is 3.